The summed E-state index contributed by atoms with van der Waals surface area (Å²) >= 11 is 5.89. The second-order valence-electron chi connectivity index (χ2n) is 5.81. The van der Waals surface area contributed by atoms with Crippen LogP contribution in [0.25, 0.3) is 0 Å². The maximum absolute atomic E-state index is 12.1. The molecule has 2 aromatic rings. The maximum Gasteiger partial charge on any atom is 0.255 e. The van der Waals surface area contributed by atoms with Gasteiger partial charge in [0.1, 0.15) is 0 Å². The summed E-state index contributed by atoms with van der Waals surface area (Å²) < 4.78 is 0. The van der Waals surface area contributed by atoms with Gasteiger partial charge in [-0.05, 0) is 43.2 Å². The molecule has 1 amide bonds. The van der Waals surface area contributed by atoms with Gasteiger partial charge < -0.3 is 5.32 Å². The molecule has 1 aromatic carbocycles. The van der Waals surface area contributed by atoms with Gasteiger partial charge >= 0.3 is 0 Å². The summed E-state index contributed by atoms with van der Waals surface area (Å²) in [4.78, 5) is 16.6. The van der Waals surface area contributed by atoms with Crippen LogP contribution in [0.15, 0.2) is 42.6 Å². The summed E-state index contributed by atoms with van der Waals surface area (Å²) in [6.07, 6.45) is 5.37. The van der Waals surface area contributed by atoms with Gasteiger partial charge in [-0.2, -0.15) is 0 Å². The van der Waals surface area contributed by atoms with E-state index in [-0.39, 0.29) is 11.3 Å². The fraction of sp³-hybridized carbons (Fsp3) is 0.294. The Morgan fingerprint density at radius 3 is 2.67 bits per heavy atom. The van der Waals surface area contributed by atoms with E-state index in [0.29, 0.717) is 16.3 Å². The van der Waals surface area contributed by atoms with Crippen LogP contribution in [0.5, 0.6) is 0 Å². The van der Waals surface area contributed by atoms with Gasteiger partial charge in [-0.1, -0.05) is 31.0 Å². The Hall–Kier alpha value is -1.87. The number of carbonyl (C=O) groups excluding carboxylic acids is 1. The molecule has 1 saturated carbocycles. The predicted octanol–water partition coefficient (Wildman–Crippen LogP) is 4.43. The minimum Gasteiger partial charge on any atom is -0.321 e. The highest BCUT2D eigenvalue weighted by Crippen LogP contribution is 2.42. The van der Waals surface area contributed by atoms with E-state index in [0.717, 1.165) is 5.69 Å². The lowest BCUT2D eigenvalue weighted by molar-refractivity contribution is 0.102. The smallest absolute Gasteiger partial charge is 0.255 e. The minimum absolute atomic E-state index is 0.179. The zero-order valence-electron chi connectivity index (χ0n) is 11.9. The second-order valence-corrected chi connectivity index (χ2v) is 6.25. The van der Waals surface area contributed by atoms with Crippen molar-refractivity contribution in [2.45, 2.75) is 31.6 Å². The van der Waals surface area contributed by atoms with Gasteiger partial charge in [0.05, 0.1) is 11.9 Å². The van der Waals surface area contributed by atoms with Gasteiger partial charge in [0, 0.05) is 21.7 Å². The van der Waals surface area contributed by atoms with E-state index in [4.69, 9.17) is 11.6 Å². The first-order valence-corrected chi connectivity index (χ1v) is 7.48. The molecule has 0 spiro atoms. The second kappa shape index (κ2) is 5.49. The number of hydrogen-bond acceptors (Lipinski definition) is 2. The molecule has 0 bridgehead atoms. The van der Waals surface area contributed by atoms with Crippen LogP contribution in [0, 0.1) is 0 Å². The molecule has 0 unspecified atom stereocenters. The fourth-order valence-corrected chi connectivity index (χ4v) is 2.81. The number of rotatable bonds is 3. The van der Waals surface area contributed by atoms with Crippen LogP contribution in [-0.4, -0.2) is 10.9 Å². The van der Waals surface area contributed by atoms with E-state index >= 15 is 0 Å². The molecule has 0 saturated heterocycles. The summed E-state index contributed by atoms with van der Waals surface area (Å²) in [5.41, 5.74) is 2.56. The minimum atomic E-state index is -0.179. The number of nitrogens with one attached hydrogen (secondary N) is 1. The van der Waals surface area contributed by atoms with Gasteiger partial charge in [0.25, 0.3) is 5.91 Å². The van der Waals surface area contributed by atoms with Crippen molar-refractivity contribution < 1.29 is 4.79 Å². The zero-order valence-corrected chi connectivity index (χ0v) is 12.7. The number of hydrogen-bond donors (Lipinski definition) is 1. The number of nitrogens with zero attached hydrogens (tertiary/aromatic N) is 1. The van der Waals surface area contributed by atoms with Gasteiger partial charge in [0.2, 0.25) is 0 Å². The van der Waals surface area contributed by atoms with Crippen molar-refractivity contribution in [1.29, 1.82) is 0 Å². The Morgan fingerprint density at radius 1 is 1.29 bits per heavy atom. The lowest BCUT2D eigenvalue weighted by Gasteiger charge is -2.37. The normalized spacial score (nSPS) is 16.1. The predicted molar refractivity (Wildman–Crippen MR) is 84.8 cm³/mol. The molecule has 108 valence electrons. The van der Waals surface area contributed by atoms with Crippen LogP contribution in [0.2, 0.25) is 5.02 Å². The van der Waals surface area contributed by atoms with Crippen molar-refractivity contribution in [3.63, 3.8) is 0 Å². The quantitative estimate of drug-likeness (QED) is 0.911. The molecular weight excluding hydrogens is 284 g/mol. The highest BCUT2D eigenvalue weighted by Gasteiger charge is 2.34. The van der Waals surface area contributed by atoms with Gasteiger partial charge in [0.15, 0.2) is 0 Å². The molecule has 0 radical (unpaired) electrons. The first-order chi connectivity index (χ1) is 10.1. The standard InChI is InChI=1S/C17H17ClN2O/c1-17(8-3-9-17)15-7-6-14(11-19-15)20-16(21)12-4-2-5-13(18)10-12/h2,4-7,10-11H,3,8-9H2,1H3,(H,20,21). The van der Waals surface area contributed by atoms with Gasteiger partial charge in [-0.15, -0.1) is 0 Å². The number of halogens is 1. The van der Waals surface area contributed by atoms with Crippen LogP contribution in [-0.2, 0) is 5.41 Å². The third-order valence-electron chi connectivity index (χ3n) is 4.18. The summed E-state index contributed by atoms with van der Waals surface area (Å²) in [6.45, 7) is 2.24. The molecule has 3 rings (SSSR count). The molecule has 1 aliphatic rings. The molecular formula is C17H17ClN2O. The molecule has 1 aliphatic carbocycles. The molecule has 3 nitrogen and oxygen atoms in total. The molecule has 0 aliphatic heterocycles. The summed E-state index contributed by atoms with van der Waals surface area (Å²) in [7, 11) is 0. The van der Waals surface area contributed by atoms with Gasteiger partial charge in [-0.3, -0.25) is 9.78 Å². The molecule has 1 fully saturated rings. The monoisotopic (exact) mass is 300 g/mol. The highest BCUT2D eigenvalue weighted by molar-refractivity contribution is 6.31. The first-order valence-electron chi connectivity index (χ1n) is 7.10. The number of aromatic nitrogens is 1. The largest absolute Gasteiger partial charge is 0.321 e. The SMILES string of the molecule is CC1(c2ccc(NC(=O)c3cccc(Cl)c3)cn2)CCC1. The molecule has 1 aromatic heterocycles. The third-order valence-corrected chi connectivity index (χ3v) is 4.42. The van der Waals surface area contributed by atoms with Crippen molar-refractivity contribution in [1.82, 2.24) is 4.98 Å². The van der Waals surface area contributed by atoms with Crippen LogP contribution in [0.4, 0.5) is 5.69 Å². The van der Waals surface area contributed by atoms with Crippen molar-refractivity contribution in [2.24, 2.45) is 0 Å². The Morgan fingerprint density at radius 2 is 2.10 bits per heavy atom. The van der Waals surface area contributed by atoms with Crippen LogP contribution < -0.4 is 5.32 Å². The Kier molecular flexibility index (Phi) is 3.68. The van der Waals surface area contributed by atoms with E-state index in [2.05, 4.69) is 17.2 Å². The van der Waals surface area contributed by atoms with Gasteiger partial charge in [-0.25, -0.2) is 0 Å². The van der Waals surface area contributed by atoms with E-state index in [9.17, 15) is 4.79 Å². The lowest BCUT2D eigenvalue weighted by Crippen LogP contribution is -2.31. The summed E-state index contributed by atoms with van der Waals surface area (Å²) in [6, 6.07) is 10.8. The van der Waals surface area contributed by atoms with E-state index in [1.807, 2.05) is 12.1 Å². The Bertz CT molecular complexity index is 663. The summed E-state index contributed by atoms with van der Waals surface area (Å²) in [5, 5.41) is 3.39. The summed E-state index contributed by atoms with van der Waals surface area (Å²) in [5.74, 6) is -0.179. The zero-order chi connectivity index (χ0) is 14.9. The number of amides is 1. The van der Waals surface area contributed by atoms with Crippen LogP contribution in [0.1, 0.15) is 42.2 Å². The molecule has 21 heavy (non-hydrogen) atoms. The molecule has 1 heterocycles. The van der Waals surface area contributed by atoms with Crippen molar-refractivity contribution >= 4 is 23.2 Å². The topological polar surface area (TPSA) is 42.0 Å². The van der Waals surface area contributed by atoms with Crippen LogP contribution >= 0.6 is 11.6 Å². The van der Waals surface area contributed by atoms with E-state index in [1.165, 1.54) is 19.3 Å². The molecule has 1 N–H and O–H groups in total. The average Bonchev–Trinajstić information content (AvgIpc) is 2.45. The van der Waals surface area contributed by atoms with Crippen LogP contribution in [0.3, 0.4) is 0 Å². The van der Waals surface area contributed by atoms with Crippen molar-refractivity contribution in [3.05, 3.63) is 58.9 Å². The maximum atomic E-state index is 12.1. The van der Waals surface area contributed by atoms with Crippen molar-refractivity contribution in [2.75, 3.05) is 5.32 Å². The Balaban J connectivity index is 1.72. The number of anilines is 1. The lowest BCUT2D eigenvalue weighted by atomic mass is 9.68. The van der Waals surface area contributed by atoms with E-state index < -0.39 is 0 Å². The first kappa shape index (κ1) is 14.1. The molecule has 4 heteroatoms. The highest BCUT2D eigenvalue weighted by atomic mass is 35.5. The number of pyridine rings is 1. The van der Waals surface area contributed by atoms with Crippen molar-refractivity contribution in [3.8, 4) is 0 Å². The average molecular weight is 301 g/mol. The molecule has 0 atom stereocenters. The third kappa shape index (κ3) is 2.93. The number of carbonyl (C=O) groups is 1. The Labute approximate surface area is 129 Å². The fourth-order valence-electron chi connectivity index (χ4n) is 2.62. The van der Waals surface area contributed by atoms with E-state index in [1.54, 1.807) is 30.5 Å². The number of benzene rings is 1.